The van der Waals surface area contributed by atoms with Crippen LogP contribution in [0.5, 0.6) is 0 Å². The summed E-state index contributed by atoms with van der Waals surface area (Å²) in [6, 6.07) is 2.04. The summed E-state index contributed by atoms with van der Waals surface area (Å²) in [6.07, 6.45) is 8.37. The van der Waals surface area contributed by atoms with Crippen LogP contribution in [0, 0.1) is 0 Å². The van der Waals surface area contributed by atoms with Crippen LogP contribution in [-0.2, 0) is 13.1 Å². The van der Waals surface area contributed by atoms with Crippen molar-refractivity contribution in [2.75, 3.05) is 13.1 Å². The average Bonchev–Trinajstić information content (AvgIpc) is 3.04. The van der Waals surface area contributed by atoms with E-state index in [1.807, 2.05) is 18.5 Å². The molecule has 5 nitrogen and oxygen atoms in total. The van der Waals surface area contributed by atoms with Gasteiger partial charge in [0.05, 0.1) is 5.69 Å². The van der Waals surface area contributed by atoms with Crippen LogP contribution in [0.1, 0.15) is 62.8 Å². The van der Waals surface area contributed by atoms with Gasteiger partial charge in [-0.25, -0.2) is 15.0 Å². The molecule has 1 saturated heterocycles. The van der Waals surface area contributed by atoms with Crippen molar-refractivity contribution in [3.05, 3.63) is 42.0 Å². The van der Waals surface area contributed by atoms with Crippen LogP contribution >= 0.6 is 0 Å². The largest absolute Gasteiger partial charge is 0.335 e. The first-order valence-electron chi connectivity index (χ1n) is 8.72. The smallest absolute Gasteiger partial charge is 0.131 e. The zero-order valence-electron chi connectivity index (χ0n) is 14.4. The van der Waals surface area contributed by atoms with E-state index in [4.69, 9.17) is 4.98 Å². The molecule has 0 aliphatic carbocycles. The molecule has 3 rings (SSSR count). The van der Waals surface area contributed by atoms with Crippen molar-refractivity contribution >= 4 is 0 Å². The predicted molar refractivity (Wildman–Crippen MR) is 91.3 cm³/mol. The second-order valence-corrected chi connectivity index (χ2v) is 6.71. The Labute approximate surface area is 138 Å². The van der Waals surface area contributed by atoms with Gasteiger partial charge >= 0.3 is 0 Å². The summed E-state index contributed by atoms with van der Waals surface area (Å²) in [5, 5.41) is 0. The van der Waals surface area contributed by atoms with E-state index in [2.05, 4.69) is 46.4 Å². The Hall–Kier alpha value is -1.75. The van der Waals surface area contributed by atoms with Gasteiger partial charge in [0.25, 0.3) is 0 Å². The number of rotatable bonds is 5. The Morgan fingerprint density at radius 1 is 1.26 bits per heavy atom. The highest BCUT2D eigenvalue weighted by Crippen LogP contribution is 2.26. The first-order valence-corrected chi connectivity index (χ1v) is 8.72. The van der Waals surface area contributed by atoms with Crippen LogP contribution in [0.4, 0.5) is 0 Å². The number of imidazole rings is 1. The molecule has 0 radical (unpaired) electrons. The number of aryl methyl sites for hydroxylation is 1. The number of aromatic nitrogens is 4. The Morgan fingerprint density at radius 3 is 2.91 bits per heavy atom. The summed E-state index contributed by atoms with van der Waals surface area (Å²) in [4.78, 5) is 16.2. The molecule has 3 heterocycles. The minimum absolute atomic E-state index is 0.376. The van der Waals surface area contributed by atoms with Gasteiger partial charge in [-0.1, -0.05) is 13.8 Å². The highest BCUT2D eigenvalue weighted by molar-refractivity contribution is 5.07. The van der Waals surface area contributed by atoms with E-state index in [9.17, 15) is 0 Å². The van der Waals surface area contributed by atoms with E-state index < -0.39 is 0 Å². The monoisotopic (exact) mass is 313 g/mol. The van der Waals surface area contributed by atoms with Crippen LogP contribution in [0.3, 0.4) is 0 Å². The number of hydrogen-bond donors (Lipinski definition) is 0. The number of nitrogens with zero attached hydrogens (tertiary/aromatic N) is 5. The van der Waals surface area contributed by atoms with Crippen LogP contribution in [0.2, 0.25) is 0 Å². The summed E-state index contributed by atoms with van der Waals surface area (Å²) in [6.45, 7) is 10.6. The first kappa shape index (κ1) is 16.1. The van der Waals surface area contributed by atoms with Gasteiger partial charge in [-0.05, 0) is 32.4 Å². The van der Waals surface area contributed by atoms with E-state index in [0.29, 0.717) is 11.8 Å². The lowest BCUT2D eigenvalue weighted by Crippen LogP contribution is -2.35. The van der Waals surface area contributed by atoms with Gasteiger partial charge < -0.3 is 4.57 Å². The van der Waals surface area contributed by atoms with Crippen molar-refractivity contribution in [3.8, 4) is 0 Å². The highest BCUT2D eigenvalue weighted by atomic mass is 15.2. The normalized spacial score (nSPS) is 19.4. The molecule has 23 heavy (non-hydrogen) atoms. The predicted octanol–water partition coefficient (Wildman–Crippen LogP) is 3.20. The highest BCUT2D eigenvalue weighted by Gasteiger charge is 2.24. The van der Waals surface area contributed by atoms with Crippen LogP contribution in [-0.4, -0.2) is 37.5 Å². The molecule has 0 spiro atoms. The molecule has 2 aromatic heterocycles. The molecule has 1 atom stereocenters. The summed E-state index contributed by atoms with van der Waals surface area (Å²) < 4.78 is 2.27. The molecule has 0 saturated carbocycles. The van der Waals surface area contributed by atoms with Gasteiger partial charge in [0.2, 0.25) is 0 Å². The maximum Gasteiger partial charge on any atom is 0.131 e. The zero-order chi connectivity index (χ0) is 16.2. The van der Waals surface area contributed by atoms with E-state index in [0.717, 1.165) is 37.7 Å². The van der Waals surface area contributed by atoms with Crippen LogP contribution < -0.4 is 0 Å². The minimum atomic E-state index is 0.376. The average molecular weight is 313 g/mol. The fourth-order valence-corrected chi connectivity index (χ4v) is 3.37. The van der Waals surface area contributed by atoms with Crippen molar-refractivity contribution in [3.63, 3.8) is 0 Å². The van der Waals surface area contributed by atoms with Crippen molar-refractivity contribution in [2.45, 2.75) is 58.5 Å². The fourth-order valence-electron chi connectivity index (χ4n) is 3.37. The summed E-state index contributed by atoms with van der Waals surface area (Å²) >= 11 is 0. The van der Waals surface area contributed by atoms with Gasteiger partial charge in [-0.2, -0.15) is 0 Å². The molecule has 0 aromatic carbocycles. The molecule has 0 amide bonds. The quantitative estimate of drug-likeness (QED) is 0.850. The summed E-state index contributed by atoms with van der Waals surface area (Å²) in [5.41, 5.74) is 1.13. The summed E-state index contributed by atoms with van der Waals surface area (Å²) in [5.74, 6) is 3.09. The molecule has 1 aliphatic rings. The van der Waals surface area contributed by atoms with Gasteiger partial charge in [0.1, 0.15) is 11.6 Å². The lowest BCUT2D eigenvalue weighted by Gasteiger charge is -2.32. The standard InChI is InChI=1S/C18H27N5/c1-4-23-11-9-20-18(23)15-6-5-10-22(12-15)13-16-7-8-19-17(21-16)14(2)3/h7-9,11,14-15H,4-6,10,12-13H2,1-3H3. The van der Waals surface area contributed by atoms with E-state index >= 15 is 0 Å². The van der Waals surface area contributed by atoms with Crippen molar-refractivity contribution in [1.82, 2.24) is 24.4 Å². The maximum absolute atomic E-state index is 4.71. The third-order valence-corrected chi connectivity index (χ3v) is 4.59. The molecule has 5 heteroatoms. The molecule has 0 N–H and O–H groups in total. The van der Waals surface area contributed by atoms with Crippen LogP contribution in [0.25, 0.3) is 0 Å². The van der Waals surface area contributed by atoms with Crippen molar-refractivity contribution in [2.24, 2.45) is 0 Å². The Bertz CT molecular complexity index is 634. The van der Waals surface area contributed by atoms with Gasteiger partial charge in [-0.15, -0.1) is 0 Å². The first-order chi connectivity index (χ1) is 11.2. The molecule has 124 valence electrons. The van der Waals surface area contributed by atoms with Crippen molar-refractivity contribution < 1.29 is 0 Å². The molecule has 1 unspecified atom stereocenters. The molecular formula is C18H27N5. The Morgan fingerprint density at radius 2 is 2.13 bits per heavy atom. The second-order valence-electron chi connectivity index (χ2n) is 6.71. The molecule has 0 bridgehead atoms. The third-order valence-electron chi connectivity index (χ3n) is 4.59. The topological polar surface area (TPSA) is 46.8 Å². The van der Waals surface area contributed by atoms with E-state index in [1.165, 1.54) is 18.7 Å². The van der Waals surface area contributed by atoms with Gasteiger partial charge in [-0.3, -0.25) is 4.90 Å². The number of piperidine rings is 1. The Balaban J connectivity index is 1.68. The van der Waals surface area contributed by atoms with Crippen LogP contribution in [0.15, 0.2) is 24.7 Å². The lowest BCUT2D eigenvalue weighted by atomic mass is 9.97. The summed E-state index contributed by atoms with van der Waals surface area (Å²) in [7, 11) is 0. The van der Waals surface area contributed by atoms with E-state index in [-0.39, 0.29) is 0 Å². The molecule has 1 fully saturated rings. The molecule has 1 aliphatic heterocycles. The Kier molecular flexibility index (Phi) is 5.06. The molecule has 2 aromatic rings. The SMILES string of the molecule is CCn1ccnc1C1CCCN(Cc2ccnc(C(C)C)n2)C1. The zero-order valence-corrected chi connectivity index (χ0v) is 14.4. The minimum Gasteiger partial charge on any atom is -0.335 e. The van der Waals surface area contributed by atoms with Crippen molar-refractivity contribution in [1.29, 1.82) is 0 Å². The van der Waals surface area contributed by atoms with Gasteiger partial charge in [0, 0.05) is 50.1 Å². The lowest BCUT2D eigenvalue weighted by molar-refractivity contribution is 0.192. The maximum atomic E-state index is 4.71. The van der Waals surface area contributed by atoms with Gasteiger partial charge in [0.15, 0.2) is 0 Å². The third kappa shape index (κ3) is 3.78. The fraction of sp³-hybridized carbons (Fsp3) is 0.611. The number of likely N-dealkylation sites (tertiary alicyclic amines) is 1. The number of hydrogen-bond acceptors (Lipinski definition) is 4. The molecular weight excluding hydrogens is 286 g/mol. The van der Waals surface area contributed by atoms with E-state index in [1.54, 1.807) is 0 Å². The second kappa shape index (κ2) is 7.21.